The molecule has 1 fully saturated rings. The van der Waals surface area contributed by atoms with Gasteiger partial charge in [0.15, 0.2) is 6.29 Å². The number of carbonyl (C=O) groups excluding carboxylic acids is 1. The van der Waals surface area contributed by atoms with Crippen LogP contribution in [0.3, 0.4) is 0 Å². The minimum atomic E-state index is 0.717. The van der Waals surface area contributed by atoms with Crippen LogP contribution in [0.25, 0.3) is 16.6 Å². The molecule has 0 saturated heterocycles. The van der Waals surface area contributed by atoms with E-state index < -0.39 is 0 Å². The van der Waals surface area contributed by atoms with Crippen LogP contribution in [0, 0.1) is 6.92 Å². The average Bonchev–Trinajstić information content (AvgIpc) is 3.00. The molecule has 2 heteroatoms. The van der Waals surface area contributed by atoms with Gasteiger partial charge in [-0.15, -0.1) is 0 Å². The third-order valence-corrected chi connectivity index (χ3v) is 5.37. The van der Waals surface area contributed by atoms with E-state index >= 15 is 0 Å². The van der Waals surface area contributed by atoms with Crippen LogP contribution in [0.4, 0.5) is 0 Å². The Morgan fingerprint density at radius 3 is 2.46 bits per heavy atom. The lowest BCUT2D eigenvalue weighted by molar-refractivity contribution is 0.111. The highest BCUT2D eigenvalue weighted by atomic mass is 16.1. The molecule has 2 aromatic heterocycles. The van der Waals surface area contributed by atoms with E-state index in [2.05, 4.69) is 42.5 Å². The van der Waals surface area contributed by atoms with Gasteiger partial charge in [0.2, 0.25) is 0 Å². The van der Waals surface area contributed by atoms with Gasteiger partial charge >= 0.3 is 0 Å². The van der Waals surface area contributed by atoms with Crippen LogP contribution in [0.15, 0.2) is 48.7 Å². The van der Waals surface area contributed by atoms with Gasteiger partial charge < -0.3 is 4.40 Å². The van der Waals surface area contributed by atoms with Crippen molar-refractivity contribution in [1.82, 2.24) is 4.40 Å². The number of nitrogens with zero attached hydrogens (tertiary/aromatic N) is 1. The normalized spacial score (nSPS) is 15.7. The van der Waals surface area contributed by atoms with Crippen molar-refractivity contribution in [2.24, 2.45) is 0 Å². The molecule has 0 radical (unpaired) electrons. The topological polar surface area (TPSA) is 21.5 Å². The first-order chi connectivity index (χ1) is 11.8. The maximum Gasteiger partial charge on any atom is 0.167 e. The van der Waals surface area contributed by atoms with Crippen molar-refractivity contribution in [3.05, 3.63) is 65.5 Å². The lowest BCUT2D eigenvalue weighted by Crippen LogP contribution is -2.04. The van der Waals surface area contributed by atoms with E-state index in [0.29, 0.717) is 5.92 Å². The number of aryl methyl sites for hydroxylation is 1. The van der Waals surface area contributed by atoms with Gasteiger partial charge in [-0.25, -0.2) is 0 Å². The van der Waals surface area contributed by atoms with Crippen LogP contribution in [0.2, 0.25) is 0 Å². The molecule has 0 bridgehead atoms. The molecule has 1 aromatic carbocycles. The average molecular weight is 317 g/mol. The Kier molecular flexibility index (Phi) is 3.97. The van der Waals surface area contributed by atoms with Gasteiger partial charge in [0.05, 0.1) is 5.69 Å². The lowest BCUT2D eigenvalue weighted by Gasteiger charge is -2.22. The van der Waals surface area contributed by atoms with Gasteiger partial charge in [0.25, 0.3) is 0 Å². The predicted octanol–water partition coefficient (Wildman–Crippen LogP) is 5.77. The molecule has 0 aliphatic heterocycles. The molecule has 1 saturated carbocycles. The molecule has 122 valence electrons. The second-order valence-corrected chi connectivity index (χ2v) is 7.02. The number of pyridine rings is 1. The fourth-order valence-corrected chi connectivity index (χ4v) is 4.02. The second-order valence-electron chi connectivity index (χ2n) is 7.02. The Hall–Kier alpha value is -2.35. The van der Waals surface area contributed by atoms with Crippen molar-refractivity contribution < 1.29 is 4.79 Å². The van der Waals surface area contributed by atoms with Gasteiger partial charge in [-0.2, -0.15) is 0 Å². The number of fused-ring (bicyclic) bond motifs is 1. The van der Waals surface area contributed by atoms with Gasteiger partial charge in [0.1, 0.15) is 0 Å². The number of hydrogen-bond acceptors (Lipinski definition) is 1. The Morgan fingerprint density at radius 2 is 1.75 bits per heavy atom. The number of aromatic nitrogens is 1. The summed E-state index contributed by atoms with van der Waals surface area (Å²) in [5.41, 5.74) is 6.54. The maximum atomic E-state index is 11.7. The summed E-state index contributed by atoms with van der Waals surface area (Å²) in [4.78, 5) is 11.7. The number of benzene rings is 1. The van der Waals surface area contributed by atoms with Gasteiger partial charge in [-0.05, 0) is 54.5 Å². The molecule has 3 aromatic rings. The number of carbonyl (C=O) groups is 1. The fourth-order valence-electron chi connectivity index (χ4n) is 4.02. The smallest absolute Gasteiger partial charge is 0.167 e. The number of hydrogen-bond donors (Lipinski definition) is 0. The van der Waals surface area contributed by atoms with Crippen molar-refractivity contribution in [2.75, 3.05) is 0 Å². The van der Waals surface area contributed by atoms with Crippen LogP contribution in [0.1, 0.15) is 59.6 Å². The summed E-state index contributed by atoms with van der Waals surface area (Å²) in [6, 6.07) is 15.1. The van der Waals surface area contributed by atoms with Gasteiger partial charge in [0, 0.05) is 17.3 Å². The summed E-state index contributed by atoms with van der Waals surface area (Å²) in [6.45, 7) is 2.05. The maximum absolute atomic E-state index is 11.7. The molecular formula is C22H23NO. The highest BCUT2D eigenvalue weighted by Gasteiger charge is 2.16. The van der Waals surface area contributed by atoms with Gasteiger partial charge in [-0.3, -0.25) is 4.79 Å². The summed E-state index contributed by atoms with van der Waals surface area (Å²) in [5, 5.41) is 0. The first-order valence-electron chi connectivity index (χ1n) is 8.93. The van der Waals surface area contributed by atoms with Crippen LogP contribution in [-0.2, 0) is 0 Å². The van der Waals surface area contributed by atoms with E-state index in [-0.39, 0.29) is 0 Å². The largest absolute Gasteiger partial charge is 0.313 e. The fraction of sp³-hybridized carbons (Fsp3) is 0.318. The highest BCUT2D eigenvalue weighted by Crippen LogP contribution is 2.34. The van der Waals surface area contributed by atoms with E-state index in [1.165, 1.54) is 37.7 Å². The SMILES string of the molecule is Cc1ccc2cc(-c3ccc(C4CCCCC4)cc3)c(C=O)n2c1. The Morgan fingerprint density at radius 1 is 1.00 bits per heavy atom. The van der Waals surface area contributed by atoms with Crippen molar-refractivity contribution in [3.8, 4) is 11.1 Å². The van der Waals surface area contributed by atoms with E-state index in [0.717, 1.165) is 34.2 Å². The molecular weight excluding hydrogens is 294 g/mol. The number of rotatable bonds is 3. The number of aldehydes is 1. The second kappa shape index (κ2) is 6.27. The van der Waals surface area contributed by atoms with E-state index in [9.17, 15) is 4.79 Å². The molecule has 24 heavy (non-hydrogen) atoms. The molecule has 2 heterocycles. The monoisotopic (exact) mass is 317 g/mol. The summed E-state index contributed by atoms with van der Waals surface area (Å²) in [7, 11) is 0. The van der Waals surface area contributed by atoms with Crippen LogP contribution in [0.5, 0.6) is 0 Å². The van der Waals surface area contributed by atoms with Crippen molar-refractivity contribution in [2.45, 2.75) is 44.9 Å². The molecule has 0 unspecified atom stereocenters. The zero-order valence-corrected chi connectivity index (χ0v) is 14.2. The Balaban J connectivity index is 1.73. The molecule has 4 rings (SSSR count). The van der Waals surface area contributed by atoms with Crippen LogP contribution >= 0.6 is 0 Å². The van der Waals surface area contributed by atoms with Crippen molar-refractivity contribution >= 4 is 11.8 Å². The van der Waals surface area contributed by atoms with Gasteiger partial charge in [-0.1, -0.05) is 49.6 Å². The molecule has 2 nitrogen and oxygen atoms in total. The molecule has 1 aliphatic rings. The molecule has 0 atom stereocenters. The molecule has 0 N–H and O–H groups in total. The van der Waals surface area contributed by atoms with E-state index in [4.69, 9.17) is 0 Å². The van der Waals surface area contributed by atoms with E-state index in [1.807, 2.05) is 17.5 Å². The highest BCUT2D eigenvalue weighted by molar-refractivity contribution is 5.89. The summed E-state index contributed by atoms with van der Waals surface area (Å²) in [5.74, 6) is 0.717. The lowest BCUT2D eigenvalue weighted by atomic mass is 9.84. The molecule has 0 amide bonds. The third kappa shape index (κ3) is 2.66. The quantitative estimate of drug-likeness (QED) is 0.561. The zero-order valence-electron chi connectivity index (χ0n) is 14.2. The van der Waals surface area contributed by atoms with Crippen molar-refractivity contribution in [1.29, 1.82) is 0 Å². The zero-order chi connectivity index (χ0) is 16.5. The summed E-state index contributed by atoms with van der Waals surface area (Å²) in [6.07, 6.45) is 9.71. The minimum absolute atomic E-state index is 0.717. The first kappa shape index (κ1) is 15.2. The van der Waals surface area contributed by atoms with E-state index in [1.54, 1.807) is 0 Å². The standard InChI is InChI=1S/C22H23NO/c1-16-7-12-20-13-21(22(15-24)23(20)14-16)19-10-8-18(9-11-19)17-5-3-2-4-6-17/h7-15,17H,2-6H2,1H3. The first-order valence-corrected chi connectivity index (χ1v) is 8.93. The molecule has 1 aliphatic carbocycles. The predicted molar refractivity (Wildman–Crippen MR) is 98.8 cm³/mol. The minimum Gasteiger partial charge on any atom is -0.313 e. The Labute approximate surface area is 143 Å². The summed E-state index contributed by atoms with van der Waals surface area (Å²) < 4.78 is 1.99. The van der Waals surface area contributed by atoms with Crippen molar-refractivity contribution in [3.63, 3.8) is 0 Å². The third-order valence-electron chi connectivity index (χ3n) is 5.37. The Bertz CT molecular complexity index is 867. The van der Waals surface area contributed by atoms with Crippen LogP contribution in [-0.4, -0.2) is 10.7 Å². The molecule has 0 spiro atoms. The summed E-state index contributed by atoms with van der Waals surface area (Å²) >= 11 is 0. The van der Waals surface area contributed by atoms with Crippen LogP contribution < -0.4 is 0 Å².